The molecule has 3 fully saturated rings. The van der Waals surface area contributed by atoms with Crippen LogP contribution in [0, 0.1) is 0 Å². The molecule has 27 nitrogen and oxygen atoms in total. The lowest BCUT2D eigenvalue weighted by atomic mass is 9.97. The number of urea groups is 2. The average molecular weight is 1200 g/mol. The number of carbonyl (C=O) groups excluding carboxylic acids is 10. The van der Waals surface area contributed by atoms with Crippen LogP contribution < -0.4 is 64.6 Å². The zero-order valence-corrected chi connectivity index (χ0v) is 48.7. The molecular formula is C54H83ClN14O13S. The van der Waals surface area contributed by atoms with Crippen LogP contribution in [0.15, 0.2) is 30.5 Å². The summed E-state index contributed by atoms with van der Waals surface area (Å²) in [6.07, 6.45) is 7.53. The molecule has 0 spiro atoms. The smallest absolute Gasteiger partial charge is 0.315 e. The van der Waals surface area contributed by atoms with Crippen molar-refractivity contribution in [3.8, 4) is 0 Å². The number of benzene rings is 1. The van der Waals surface area contributed by atoms with Crippen molar-refractivity contribution in [2.75, 3.05) is 44.6 Å². The Balaban J connectivity index is 1.15. The Bertz CT molecular complexity index is 2560. The van der Waals surface area contributed by atoms with Crippen LogP contribution in [0.4, 0.5) is 9.59 Å². The van der Waals surface area contributed by atoms with E-state index in [0.29, 0.717) is 49.5 Å². The number of aromatic nitrogens is 1. The van der Waals surface area contributed by atoms with E-state index in [9.17, 15) is 57.8 Å². The maximum Gasteiger partial charge on any atom is 0.315 e. The first-order valence-corrected chi connectivity index (χ1v) is 30.1. The van der Waals surface area contributed by atoms with E-state index in [-0.39, 0.29) is 101 Å². The number of hydrogen-bond acceptors (Lipinski definition) is 14. The van der Waals surface area contributed by atoms with Gasteiger partial charge < -0.3 is 79.0 Å². The second-order valence-electron chi connectivity index (χ2n) is 21.1. The number of ether oxygens (including phenoxy) is 1. The Hall–Kier alpha value is -6.91. The fraction of sp³-hybridized carbons (Fsp3) is 0.648. The fourth-order valence-electron chi connectivity index (χ4n) is 10.2. The van der Waals surface area contributed by atoms with Gasteiger partial charge in [-0.05, 0) is 96.1 Å². The summed E-state index contributed by atoms with van der Waals surface area (Å²) in [4.78, 5) is 148. The van der Waals surface area contributed by atoms with Gasteiger partial charge >= 0.3 is 18.0 Å². The molecule has 3 aliphatic heterocycles. The summed E-state index contributed by atoms with van der Waals surface area (Å²) in [7, 11) is 0. The topological polar surface area (TPSA) is 409 Å². The van der Waals surface area contributed by atoms with E-state index in [4.69, 9.17) is 27.8 Å². The first kappa shape index (κ1) is 66.9. The van der Waals surface area contributed by atoms with Gasteiger partial charge in [-0.15, -0.1) is 11.6 Å². The van der Waals surface area contributed by atoms with Crippen LogP contribution in [0.25, 0.3) is 10.9 Å². The van der Waals surface area contributed by atoms with Crippen LogP contribution in [0.3, 0.4) is 0 Å². The Labute approximate surface area is 491 Å². The zero-order valence-electron chi connectivity index (χ0n) is 47.2. The number of amides is 12. The Morgan fingerprint density at radius 3 is 2.20 bits per heavy atom. The second kappa shape index (κ2) is 34.6. The quantitative estimate of drug-likeness (QED) is 0.0182. The molecule has 4 heterocycles. The molecule has 2 aromatic rings. The number of rotatable bonds is 37. The van der Waals surface area contributed by atoms with Gasteiger partial charge in [0.25, 0.3) is 0 Å². The van der Waals surface area contributed by atoms with Gasteiger partial charge in [0.1, 0.15) is 36.3 Å². The maximum absolute atomic E-state index is 14.6. The number of piperidine rings is 1. The largest absolute Gasteiger partial charge is 0.481 e. The van der Waals surface area contributed by atoms with Crippen LogP contribution in [0.1, 0.15) is 116 Å². The van der Waals surface area contributed by atoms with E-state index in [1.54, 1.807) is 12.3 Å². The number of nitrogens with two attached hydrogens (primary N) is 2. The highest BCUT2D eigenvalue weighted by atomic mass is 35.5. The van der Waals surface area contributed by atoms with Crippen LogP contribution in [0.5, 0.6) is 0 Å². The first-order chi connectivity index (χ1) is 39.8. The molecule has 3 saturated heterocycles. The molecule has 0 bridgehead atoms. The second-order valence-corrected chi connectivity index (χ2v) is 22.7. The van der Waals surface area contributed by atoms with Crippen molar-refractivity contribution in [1.82, 2.24) is 63.1 Å². The molecule has 460 valence electrons. The predicted molar refractivity (Wildman–Crippen MR) is 309 cm³/mol. The Morgan fingerprint density at radius 2 is 1.47 bits per heavy atom. The van der Waals surface area contributed by atoms with Gasteiger partial charge in [-0.25, -0.2) is 9.59 Å². The van der Waals surface area contributed by atoms with E-state index >= 15 is 0 Å². The van der Waals surface area contributed by atoms with Crippen LogP contribution >= 0.6 is 23.4 Å². The third kappa shape index (κ3) is 22.0. The van der Waals surface area contributed by atoms with Crippen molar-refractivity contribution in [3.63, 3.8) is 0 Å². The lowest BCUT2D eigenvalue weighted by molar-refractivity contribution is -0.145. The number of nitrogens with one attached hydrogen (secondary N) is 11. The number of para-hydroxylation sites is 1. The molecular weight excluding hydrogens is 1120 g/mol. The van der Waals surface area contributed by atoms with Gasteiger partial charge in [0.05, 0.1) is 31.5 Å². The van der Waals surface area contributed by atoms with Crippen molar-refractivity contribution < 1.29 is 62.6 Å². The zero-order chi connectivity index (χ0) is 60.4. The predicted octanol–water partition coefficient (Wildman–Crippen LogP) is -0.0726. The lowest BCUT2D eigenvalue weighted by Gasteiger charge is -2.37. The normalized spacial score (nSPS) is 19.5. The monoisotopic (exact) mass is 1200 g/mol. The highest BCUT2D eigenvalue weighted by Crippen LogP contribution is 2.33. The molecule has 0 radical (unpaired) electrons. The SMILES string of the molecule is C[C@H](NC(=O)[C@H](C)NC(=O)[C@H](CCCNC(N)=O)NC(=O)[C@H](Cc1c[nH]c2ccccc12)NC(=O)[C@@H]1CCCCN1C(=O)[C@@H](CCC(=O)O)NCOCCCl)C(=O)N[C@@H](CCCCNC(=O)CCCCC[C@H]1SC[C@H]2NC(=O)N[C@H]21)C(N)=O. The summed E-state index contributed by atoms with van der Waals surface area (Å²) in [5, 5.41) is 37.9. The summed E-state index contributed by atoms with van der Waals surface area (Å²) in [5.74, 6) is -5.28. The summed E-state index contributed by atoms with van der Waals surface area (Å²) in [6, 6.07) is -1.71. The molecule has 1 aromatic heterocycles. The number of aromatic amines is 1. The lowest BCUT2D eigenvalue weighted by Crippen LogP contribution is -2.61. The molecule has 0 unspecified atom stereocenters. The number of aliphatic carboxylic acids is 1. The van der Waals surface area contributed by atoms with Gasteiger partial charge in [-0.3, -0.25) is 48.5 Å². The fourth-order valence-corrected chi connectivity index (χ4v) is 11.9. The van der Waals surface area contributed by atoms with Crippen molar-refractivity contribution in [2.45, 2.75) is 176 Å². The molecule has 83 heavy (non-hydrogen) atoms. The number of alkyl halides is 1. The van der Waals surface area contributed by atoms with Gasteiger partial charge in [-0.1, -0.05) is 31.0 Å². The summed E-state index contributed by atoms with van der Waals surface area (Å²) < 4.78 is 5.40. The molecule has 16 N–H and O–H groups in total. The van der Waals surface area contributed by atoms with Gasteiger partial charge in [0, 0.05) is 72.9 Å². The summed E-state index contributed by atoms with van der Waals surface area (Å²) in [6.45, 7) is 3.33. The number of halogens is 1. The number of carboxylic acid groups (broad SMARTS) is 1. The minimum Gasteiger partial charge on any atom is -0.481 e. The number of thioether (sulfide) groups is 1. The number of primary amides is 2. The molecule has 10 atom stereocenters. The van der Waals surface area contributed by atoms with Crippen molar-refractivity contribution in [1.29, 1.82) is 0 Å². The molecule has 1 aromatic carbocycles. The van der Waals surface area contributed by atoms with Gasteiger partial charge in [-0.2, -0.15) is 11.8 Å². The number of nitrogens with zero attached hydrogens (tertiary/aromatic N) is 1. The number of unbranched alkanes of at least 4 members (excludes halogenated alkanes) is 3. The highest BCUT2D eigenvalue weighted by Gasteiger charge is 2.43. The average Bonchev–Trinajstić information content (AvgIpc) is 4.34. The third-order valence-electron chi connectivity index (χ3n) is 14.8. The number of carboxylic acids is 1. The van der Waals surface area contributed by atoms with E-state index in [1.807, 2.05) is 30.0 Å². The van der Waals surface area contributed by atoms with E-state index in [0.717, 1.165) is 42.3 Å². The minimum absolute atomic E-state index is 0.00742. The standard InChI is InChI=1S/C54H83ClN14O13S/c1-31(47(74)62-32(2)48(75)64-36(46(56)73)15-8-10-23-58-43(70)19-5-3-4-18-42-45-40(29-83-42)67-54(81)68-45)63-49(76)37(16-12-24-59-53(57)80)65-50(77)39(27-33-28-60-35-14-7-6-13-34(33)35)66-51(78)41-17-9-11-25-69(41)52(79)38(20-21-44(71)72)61-30-82-26-22-55/h6-7,13-14,28,31-32,36-42,45,60-61H,3-5,8-12,15-27,29-30H2,1-2H3,(H2,56,73)(H,58,70)(H,62,74)(H,63,76)(H,64,75)(H,65,77)(H,66,78)(H,71,72)(H3,57,59,80)(H2,67,68,81)/t31-,32-,36-,37-,38+,39-,40+,41-,42+,45+/m0/s1. The number of H-pyrrole nitrogens is 1. The molecule has 5 rings (SSSR count). The van der Waals surface area contributed by atoms with Gasteiger partial charge in [0.2, 0.25) is 47.3 Å². The number of hydrogen-bond donors (Lipinski definition) is 14. The number of likely N-dealkylation sites (tertiary alicyclic amines) is 1. The Morgan fingerprint density at radius 1 is 0.771 bits per heavy atom. The van der Waals surface area contributed by atoms with Gasteiger partial charge in [0.15, 0.2) is 0 Å². The highest BCUT2D eigenvalue weighted by molar-refractivity contribution is 8.00. The van der Waals surface area contributed by atoms with Crippen LogP contribution in [-0.4, -0.2) is 185 Å². The molecule has 29 heteroatoms. The first-order valence-electron chi connectivity index (χ1n) is 28.5. The minimum atomic E-state index is -1.36. The van der Waals surface area contributed by atoms with Crippen molar-refractivity contribution in [2.24, 2.45) is 11.5 Å². The summed E-state index contributed by atoms with van der Waals surface area (Å²) >= 11 is 7.59. The maximum atomic E-state index is 14.6. The number of carbonyl (C=O) groups is 11. The van der Waals surface area contributed by atoms with Crippen molar-refractivity contribution >= 4 is 99.6 Å². The summed E-state index contributed by atoms with van der Waals surface area (Å²) in [5.41, 5.74) is 12.3. The van der Waals surface area contributed by atoms with E-state index in [2.05, 4.69) is 58.2 Å². The third-order valence-corrected chi connectivity index (χ3v) is 16.4. The molecule has 12 amide bonds. The van der Waals surface area contributed by atoms with Crippen LogP contribution in [0.2, 0.25) is 0 Å². The van der Waals surface area contributed by atoms with Crippen molar-refractivity contribution in [3.05, 3.63) is 36.0 Å². The van der Waals surface area contributed by atoms with E-state index in [1.165, 1.54) is 18.7 Å². The van der Waals surface area contributed by atoms with Crippen LogP contribution in [-0.2, 0) is 54.3 Å². The number of fused-ring (bicyclic) bond motifs is 2. The molecule has 3 aliphatic rings. The van der Waals surface area contributed by atoms with E-state index < -0.39 is 95.6 Å². The molecule has 0 saturated carbocycles. The molecule has 0 aliphatic carbocycles. The Kier molecular flexibility index (Phi) is 27.9.